The summed E-state index contributed by atoms with van der Waals surface area (Å²) in [7, 11) is 2.05. The number of hydrogen-bond acceptors (Lipinski definition) is 2. The van der Waals surface area contributed by atoms with E-state index in [1.54, 1.807) is 0 Å². The first kappa shape index (κ1) is 10.3. The van der Waals surface area contributed by atoms with Crippen LogP contribution in [0.5, 0.6) is 0 Å². The largest absolute Gasteiger partial charge is 0.331 e. The highest BCUT2D eigenvalue weighted by atomic mass is 15.1. The molecule has 17 heavy (non-hydrogen) atoms. The Hall–Kier alpha value is -1.82. The van der Waals surface area contributed by atoms with E-state index in [2.05, 4.69) is 17.6 Å². The Bertz CT molecular complexity index is 614. The van der Waals surface area contributed by atoms with E-state index in [1.807, 2.05) is 25.2 Å². The van der Waals surface area contributed by atoms with E-state index in [9.17, 15) is 0 Å². The zero-order valence-electron chi connectivity index (χ0n) is 10.1. The molecule has 86 valence electrons. The highest BCUT2D eigenvalue weighted by Gasteiger charge is 2.31. The monoisotopic (exact) mass is 225 g/mol. The highest BCUT2D eigenvalue weighted by Crippen LogP contribution is 2.42. The van der Waals surface area contributed by atoms with E-state index in [0.717, 1.165) is 22.8 Å². The molecule has 3 rings (SSSR count). The van der Waals surface area contributed by atoms with Crippen molar-refractivity contribution in [2.45, 2.75) is 25.7 Å². The van der Waals surface area contributed by atoms with Crippen molar-refractivity contribution in [2.24, 2.45) is 13.0 Å². The Labute approximate surface area is 101 Å². The summed E-state index contributed by atoms with van der Waals surface area (Å²) in [6.07, 6.45) is 2.65. The van der Waals surface area contributed by atoms with Crippen LogP contribution in [0.15, 0.2) is 18.2 Å². The fraction of sp³-hybridized carbons (Fsp3) is 0.429. The second-order valence-corrected chi connectivity index (χ2v) is 4.97. The minimum absolute atomic E-state index is 0.526. The van der Waals surface area contributed by atoms with Crippen LogP contribution >= 0.6 is 0 Å². The molecule has 0 radical (unpaired) electrons. The molecule has 1 aliphatic rings. The molecule has 0 N–H and O–H groups in total. The summed E-state index contributed by atoms with van der Waals surface area (Å²) in [6.45, 7) is 2.25. The number of fused-ring (bicyclic) bond motifs is 1. The fourth-order valence-corrected chi connectivity index (χ4v) is 2.49. The van der Waals surface area contributed by atoms with Gasteiger partial charge >= 0.3 is 0 Å². The normalized spacial score (nSPS) is 17.0. The van der Waals surface area contributed by atoms with Crippen LogP contribution in [0.25, 0.3) is 11.0 Å². The molecule has 1 aliphatic carbocycles. The third-order valence-corrected chi connectivity index (χ3v) is 3.78. The van der Waals surface area contributed by atoms with Crippen LogP contribution in [0.1, 0.15) is 37.1 Å². The molecule has 1 aromatic carbocycles. The predicted molar refractivity (Wildman–Crippen MR) is 66.6 cm³/mol. The van der Waals surface area contributed by atoms with Crippen LogP contribution in [-0.4, -0.2) is 9.55 Å². The standard InChI is InChI=1S/C14H15N3/c1-9(11-4-5-11)14-16-12-6-3-10(8-15)7-13(12)17(14)2/h3,6-7,9,11H,4-5H2,1-2H3. The molecule has 1 atom stereocenters. The SMILES string of the molecule is CC(c1nc2ccc(C#N)cc2n1C)C1CC1. The molecule has 1 saturated carbocycles. The van der Waals surface area contributed by atoms with Gasteiger partial charge in [-0.1, -0.05) is 6.92 Å². The van der Waals surface area contributed by atoms with Crippen molar-refractivity contribution >= 4 is 11.0 Å². The fourth-order valence-electron chi connectivity index (χ4n) is 2.49. The van der Waals surface area contributed by atoms with E-state index < -0.39 is 0 Å². The maximum atomic E-state index is 8.92. The van der Waals surface area contributed by atoms with Gasteiger partial charge in [-0.2, -0.15) is 5.26 Å². The van der Waals surface area contributed by atoms with Crippen LogP contribution < -0.4 is 0 Å². The highest BCUT2D eigenvalue weighted by molar-refractivity contribution is 5.77. The summed E-state index contributed by atoms with van der Waals surface area (Å²) in [4.78, 5) is 4.70. The van der Waals surface area contributed by atoms with E-state index in [4.69, 9.17) is 10.2 Å². The molecule has 2 aromatic rings. The first-order valence-electron chi connectivity index (χ1n) is 6.07. The summed E-state index contributed by atoms with van der Waals surface area (Å²) in [5.41, 5.74) is 2.76. The second-order valence-electron chi connectivity index (χ2n) is 4.97. The van der Waals surface area contributed by atoms with Gasteiger partial charge in [0.1, 0.15) is 5.82 Å². The second kappa shape index (κ2) is 3.59. The predicted octanol–water partition coefficient (Wildman–Crippen LogP) is 2.96. The number of aryl methyl sites for hydroxylation is 1. The minimum Gasteiger partial charge on any atom is -0.331 e. The first-order valence-corrected chi connectivity index (χ1v) is 6.07. The summed E-state index contributed by atoms with van der Waals surface area (Å²) < 4.78 is 2.14. The molecular weight excluding hydrogens is 210 g/mol. The lowest BCUT2D eigenvalue weighted by molar-refractivity contribution is 0.599. The number of benzene rings is 1. The first-order chi connectivity index (χ1) is 8.20. The molecule has 1 aromatic heterocycles. The zero-order valence-corrected chi connectivity index (χ0v) is 10.1. The summed E-state index contributed by atoms with van der Waals surface area (Å²) in [5.74, 6) is 2.48. The van der Waals surface area contributed by atoms with Crippen molar-refractivity contribution in [1.29, 1.82) is 5.26 Å². The van der Waals surface area contributed by atoms with Gasteiger partial charge < -0.3 is 4.57 Å². The van der Waals surface area contributed by atoms with Crippen LogP contribution in [0.4, 0.5) is 0 Å². The lowest BCUT2D eigenvalue weighted by Crippen LogP contribution is -2.04. The van der Waals surface area contributed by atoms with Crippen molar-refractivity contribution in [2.75, 3.05) is 0 Å². The number of hydrogen-bond donors (Lipinski definition) is 0. The molecule has 1 fully saturated rings. The Balaban J connectivity index is 2.14. The molecular formula is C14H15N3. The number of nitriles is 1. The smallest absolute Gasteiger partial charge is 0.112 e. The van der Waals surface area contributed by atoms with Gasteiger partial charge in [-0.05, 0) is 37.0 Å². The van der Waals surface area contributed by atoms with Crippen LogP contribution in [-0.2, 0) is 7.05 Å². The van der Waals surface area contributed by atoms with E-state index in [1.165, 1.54) is 12.8 Å². The van der Waals surface area contributed by atoms with Gasteiger partial charge in [0.25, 0.3) is 0 Å². The van der Waals surface area contributed by atoms with Crippen molar-refractivity contribution < 1.29 is 0 Å². The maximum Gasteiger partial charge on any atom is 0.112 e. The lowest BCUT2D eigenvalue weighted by Gasteiger charge is -2.09. The summed E-state index contributed by atoms with van der Waals surface area (Å²) >= 11 is 0. The zero-order chi connectivity index (χ0) is 12.0. The minimum atomic E-state index is 0.526. The van der Waals surface area contributed by atoms with Gasteiger partial charge in [0.2, 0.25) is 0 Å². The van der Waals surface area contributed by atoms with Gasteiger partial charge in [0, 0.05) is 13.0 Å². The Morgan fingerprint density at radius 1 is 1.47 bits per heavy atom. The average Bonchev–Trinajstić information content (AvgIpc) is 3.14. The quantitative estimate of drug-likeness (QED) is 0.788. The van der Waals surface area contributed by atoms with Crippen LogP contribution in [0.3, 0.4) is 0 Å². The molecule has 3 nitrogen and oxygen atoms in total. The molecule has 0 saturated heterocycles. The summed E-state index contributed by atoms with van der Waals surface area (Å²) in [5, 5.41) is 8.92. The molecule has 0 bridgehead atoms. The molecule has 1 unspecified atom stereocenters. The molecule has 0 aliphatic heterocycles. The van der Waals surface area contributed by atoms with Gasteiger partial charge in [-0.25, -0.2) is 4.98 Å². The van der Waals surface area contributed by atoms with E-state index in [0.29, 0.717) is 11.5 Å². The average molecular weight is 225 g/mol. The van der Waals surface area contributed by atoms with Gasteiger partial charge in [-0.15, -0.1) is 0 Å². The third-order valence-electron chi connectivity index (χ3n) is 3.78. The topological polar surface area (TPSA) is 41.6 Å². The number of rotatable bonds is 2. The van der Waals surface area contributed by atoms with Gasteiger partial charge in [-0.3, -0.25) is 0 Å². The molecule has 1 heterocycles. The Kier molecular flexibility index (Phi) is 2.19. The summed E-state index contributed by atoms with van der Waals surface area (Å²) in [6, 6.07) is 7.88. The van der Waals surface area contributed by atoms with E-state index in [-0.39, 0.29) is 0 Å². The number of aromatic nitrogens is 2. The Morgan fingerprint density at radius 3 is 2.88 bits per heavy atom. The molecule has 0 amide bonds. The van der Waals surface area contributed by atoms with Gasteiger partial charge in [0.15, 0.2) is 0 Å². The third kappa shape index (κ3) is 1.61. The maximum absolute atomic E-state index is 8.92. The number of imidazole rings is 1. The lowest BCUT2D eigenvalue weighted by atomic mass is 10.1. The van der Waals surface area contributed by atoms with Crippen LogP contribution in [0.2, 0.25) is 0 Å². The van der Waals surface area contributed by atoms with Crippen molar-refractivity contribution in [3.63, 3.8) is 0 Å². The van der Waals surface area contributed by atoms with Crippen LogP contribution in [0, 0.1) is 17.2 Å². The molecule has 3 heteroatoms. The van der Waals surface area contributed by atoms with E-state index >= 15 is 0 Å². The number of nitrogens with zero attached hydrogens (tertiary/aromatic N) is 3. The van der Waals surface area contributed by atoms with Crippen molar-refractivity contribution in [3.05, 3.63) is 29.6 Å². The van der Waals surface area contributed by atoms with Gasteiger partial charge in [0.05, 0.1) is 22.7 Å². The van der Waals surface area contributed by atoms with Crippen molar-refractivity contribution in [3.8, 4) is 6.07 Å². The Morgan fingerprint density at radius 2 is 2.24 bits per heavy atom. The van der Waals surface area contributed by atoms with Crippen molar-refractivity contribution in [1.82, 2.24) is 9.55 Å². The molecule has 0 spiro atoms.